The van der Waals surface area contributed by atoms with E-state index in [1.54, 1.807) is 37.3 Å². The van der Waals surface area contributed by atoms with Gasteiger partial charge in [0.2, 0.25) is 0 Å². The van der Waals surface area contributed by atoms with Crippen LogP contribution >= 0.6 is 0 Å². The van der Waals surface area contributed by atoms with Gasteiger partial charge >= 0.3 is 0 Å². The van der Waals surface area contributed by atoms with Crippen LogP contribution in [0.1, 0.15) is 27.7 Å². The molecule has 2 aromatic carbocycles. The topological polar surface area (TPSA) is 78.5 Å². The third-order valence-electron chi connectivity index (χ3n) is 4.57. The normalized spacial score (nSPS) is 16.2. The van der Waals surface area contributed by atoms with Gasteiger partial charge in [0.25, 0.3) is 5.91 Å². The molecular formula is C19H17N3O3. The number of fused-ring (bicyclic) bond motifs is 1. The summed E-state index contributed by atoms with van der Waals surface area (Å²) in [6, 6.07) is 14.3. The number of amides is 1. The summed E-state index contributed by atoms with van der Waals surface area (Å²) in [5.41, 5.74) is 3.32. The summed E-state index contributed by atoms with van der Waals surface area (Å²) < 4.78 is 5.31. The number of nitrogens with zero attached hydrogens (tertiary/aromatic N) is 2. The Morgan fingerprint density at radius 3 is 2.76 bits per heavy atom. The molecule has 0 bridgehead atoms. The third kappa shape index (κ3) is 2.26. The van der Waals surface area contributed by atoms with Crippen LogP contribution in [0.15, 0.2) is 48.5 Å². The summed E-state index contributed by atoms with van der Waals surface area (Å²) in [6.07, 6.45) is 0. The van der Waals surface area contributed by atoms with Crippen molar-refractivity contribution in [3.8, 4) is 22.8 Å². The number of H-pyrrole nitrogens is 1. The maximum absolute atomic E-state index is 12.6. The second kappa shape index (κ2) is 5.66. The van der Waals surface area contributed by atoms with E-state index in [0.29, 0.717) is 17.0 Å². The molecule has 2 N–H and O–H groups in total. The molecule has 1 atom stereocenters. The van der Waals surface area contributed by atoms with Crippen molar-refractivity contribution in [2.24, 2.45) is 0 Å². The Bertz CT molecular complexity index is 964. The molecule has 25 heavy (non-hydrogen) atoms. The molecule has 0 saturated heterocycles. The van der Waals surface area contributed by atoms with Crippen molar-refractivity contribution >= 4 is 5.91 Å². The quantitative estimate of drug-likeness (QED) is 0.771. The Balaban J connectivity index is 1.91. The van der Waals surface area contributed by atoms with Crippen molar-refractivity contribution in [3.63, 3.8) is 0 Å². The van der Waals surface area contributed by atoms with Crippen LogP contribution in [0.3, 0.4) is 0 Å². The molecule has 0 saturated carbocycles. The van der Waals surface area contributed by atoms with E-state index < -0.39 is 0 Å². The molecule has 3 aromatic rings. The number of rotatable bonds is 3. The lowest BCUT2D eigenvalue weighted by atomic mass is 9.96. The third-order valence-corrected chi connectivity index (χ3v) is 4.57. The van der Waals surface area contributed by atoms with Gasteiger partial charge in [0.15, 0.2) is 0 Å². The van der Waals surface area contributed by atoms with Crippen LogP contribution in [-0.2, 0) is 0 Å². The zero-order valence-electron chi connectivity index (χ0n) is 13.9. The zero-order valence-corrected chi connectivity index (χ0v) is 13.9. The number of nitrogens with one attached hydrogen (secondary N) is 1. The highest BCUT2D eigenvalue weighted by Gasteiger charge is 2.40. The van der Waals surface area contributed by atoms with E-state index in [1.807, 2.05) is 30.3 Å². The lowest BCUT2D eigenvalue weighted by Crippen LogP contribution is -2.24. The monoisotopic (exact) mass is 335 g/mol. The van der Waals surface area contributed by atoms with E-state index in [4.69, 9.17) is 4.74 Å². The van der Waals surface area contributed by atoms with E-state index >= 15 is 0 Å². The fraction of sp³-hybridized carbons (Fsp3) is 0.158. The molecule has 6 heteroatoms. The number of aromatic amines is 1. The lowest BCUT2D eigenvalue weighted by molar-refractivity contribution is 0.0787. The fourth-order valence-electron chi connectivity index (χ4n) is 3.35. The number of phenolic OH excluding ortho intramolecular Hbond substituents is 1. The van der Waals surface area contributed by atoms with Crippen molar-refractivity contribution in [1.82, 2.24) is 15.1 Å². The maximum atomic E-state index is 12.6. The van der Waals surface area contributed by atoms with Crippen molar-refractivity contribution in [2.75, 3.05) is 14.2 Å². The van der Waals surface area contributed by atoms with E-state index in [1.165, 1.54) is 0 Å². The smallest absolute Gasteiger partial charge is 0.272 e. The molecule has 6 nitrogen and oxygen atoms in total. The number of hydrogen-bond donors (Lipinski definition) is 2. The minimum absolute atomic E-state index is 0.128. The van der Waals surface area contributed by atoms with Gasteiger partial charge in [0, 0.05) is 18.2 Å². The van der Waals surface area contributed by atoms with Gasteiger partial charge in [-0.3, -0.25) is 9.89 Å². The van der Waals surface area contributed by atoms with Gasteiger partial charge in [0.1, 0.15) is 22.9 Å². The Labute approximate surface area is 144 Å². The molecular weight excluding hydrogens is 318 g/mol. The fourth-order valence-corrected chi connectivity index (χ4v) is 3.35. The number of hydrogen-bond acceptors (Lipinski definition) is 4. The first-order chi connectivity index (χ1) is 12.1. The summed E-state index contributed by atoms with van der Waals surface area (Å²) in [4.78, 5) is 14.3. The van der Waals surface area contributed by atoms with Crippen LogP contribution in [0, 0.1) is 0 Å². The molecule has 1 aromatic heterocycles. The second-order valence-electron chi connectivity index (χ2n) is 5.97. The van der Waals surface area contributed by atoms with E-state index in [9.17, 15) is 9.90 Å². The first-order valence-electron chi connectivity index (χ1n) is 7.89. The Morgan fingerprint density at radius 1 is 1.20 bits per heavy atom. The molecule has 1 amide bonds. The number of ether oxygens (including phenoxy) is 1. The second-order valence-corrected chi connectivity index (χ2v) is 5.97. The van der Waals surface area contributed by atoms with Crippen LogP contribution in [0.2, 0.25) is 0 Å². The number of methoxy groups -OCH3 is 1. The summed E-state index contributed by atoms with van der Waals surface area (Å²) in [5.74, 6) is 0.722. The summed E-state index contributed by atoms with van der Waals surface area (Å²) in [6.45, 7) is 0. The largest absolute Gasteiger partial charge is 0.507 e. The summed E-state index contributed by atoms with van der Waals surface area (Å²) >= 11 is 0. The first-order valence-corrected chi connectivity index (χ1v) is 7.89. The van der Waals surface area contributed by atoms with Crippen LogP contribution < -0.4 is 4.74 Å². The SMILES string of the molecule is COc1cccc([C@H]2c3c(-c4ccccc4O)n[nH]c3C(=O)N2C)c1. The molecule has 0 spiro atoms. The first kappa shape index (κ1) is 15.3. The summed E-state index contributed by atoms with van der Waals surface area (Å²) in [7, 11) is 3.37. The Kier molecular flexibility index (Phi) is 3.46. The highest BCUT2D eigenvalue weighted by Crippen LogP contribution is 2.43. The number of aromatic hydroxyl groups is 1. The number of benzene rings is 2. The molecule has 0 radical (unpaired) electrons. The zero-order chi connectivity index (χ0) is 17.6. The maximum Gasteiger partial charge on any atom is 0.272 e. The molecule has 0 aliphatic carbocycles. The number of carbonyl (C=O) groups excluding carboxylic acids is 1. The van der Waals surface area contributed by atoms with Gasteiger partial charge in [-0.1, -0.05) is 24.3 Å². The standard InChI is InChI=1S/C19H17N3O3/c1-22-18(11-6-5-7-12(10-11)25-2)15-16(20-21-17(15)19(22)24)13-8-3-4-9-14(13)23/h3-10,18,23H,1-2H3,(H,20,21)/t18-/m0/s1. The number of aromatic nitrogens is 2. The predicted molar refractivity (Wildman–Crippen MR) is 92.6 cm³/mol. The molecule has 0 unspecified atom stereocenters. The summed E-state index contributed by atoms with van der Waals surface area (Å²) in [5, 5.41) is 17.4. The van der Waals surface area contributed by atoms with Gasteiger partial charge < -0.3 is 14.7 Å². The van der Waals surface area contributed by atoms with Gasteiger partial charge in [0.05, 0.1) is 13.2 Å². The average Bonchev–Trinajstić information content (AvgIpc) is 3.15. The van der Waals surface area contributed by atoms with Crippen molar-refractivity contribution in [3.05, 3.63) is 65.4 Å². The highest BCUT2D eigenvalue weighted by atomic mass is 16.5. The van der Waals surface area contributed by atoms with Crippen LogP contribution in [0.4, 0.5) is 0 Å². The van der Waals surface area contributed by atoms with Gasteiger partial charge in [-0.25, -0.2) is 0 Å². The molecule has 2 heterocycles. The lowest BCUT2D eigenvalue weighted by Gasteiger charge is -2.22. The molecule has 0 fully saturated rings. The van der Waals surface area contributed by atoms with Gasteiger partial charge in [-0.2, -0.15) is 5.10 Å². The van der Waals surface area contributed by atoms with Crippen LogP contribution in [0.5, 0.6) is 11.5 Å². The van der Waals surface area contributed by atoms with E-state index in [-0.39, 0.29) is 17.7 Å². The molecule has 4 rings (SSSR count). The van der Waals surface area contributed by atoms with Crippen LogP contribution in [-0.4, -0.2) is 40.3 Å². The molecule has 1 aliphatic heterocycles. The van der Waals surface area contributed by atoms with Gasteiger partial charge in [-0.05, 0) is 29.8 Å². The van der Waals surface area contributed by atoms with Crippen molar-refractivity contribution in [2.45, 2.75) is 6.04 Å². The molecule has 126 valence electrons. The molecule has 1 aliphatic rings. The number of phenols is 1. The van der Waals surface area contributed by atoms with Crippen molar-refractivity contribution < 1.29 is 14.6 Å². The highest BCUT2D eigenvalue weighted by molar-refractivity contribution is 6.00. The number of carbonyl (C=O) groups is 1. The Hall–Kier alpha value is -3.28. The van der Waals surface area contributed by atoms with E-state index in [0.717, 1.165) is 16.9 Å². The average molecular weight is 335 g/mol. The minimum atomic E-state index is -0.300. The predicted octanol–water partition coefficient (Wildman–Crippen LogP) is 2.97. The van der Waals surface area contributed by atoms with Crippen LogP contribution in [0.25, 0.3) is 11.3 Å². The number of para-hydroxylation sites is 1. The Morgan fingerprint density at radius 2 is 2.00 bits per heavy atom. The van der Waals surface area contributed by atoms with Crippen molar-refractivity contribution in [1.29, 1.82) is 0 Å². The van der Waals surface area contributed by atoms with Gasteiger partial charge in [-0.15, -0.1) is 0 Å². The van der Waals surface area contributed by atoms with E-state index in [2.05, 4.69) is 10.2 Å². The minimum Gasteiger partial charge on any atom is -0.507 e.